The molecule has 0 fully saturated rings. The largest absolute Gasteiger partial charge is 0.478 e. The first-order chi connectivity index (χ1) is 7.15. The Hall–Kier alpha value is -1.86. The van der Waals surface area contributed by atoms with Crippen LogP contribution in [0, 0.1) is 17.7 Å². The fourth-order valence-corrected chi connectivity index (χ4v) is 0.982. The Bertz CT molecular complexity index is 432. The number of halogens is 1. The Morgan fingerprint density at radius 1 is 1.60 bits per heavy atom. The Balaban J connectivity index is 3.02. The van der Waals surface area contributed by atoms with Crippen molar-refractivity contribution in [1.29, 1.82) is 0 Å². The summed E-state index contributed by atoms with van der Waals surface area (Å²) in [4.78, 5) is 10.6. The number of aromatic carboxylic acids is 1. The normalized spacial score (nSPS) is 9.20. The van der Waals surface area contributed by atoms with Crippen molar-refractivity contribution in [2.75, 3.05) is 13.6 Å². The van der Waals surface area contributed by atoms with Crippen LogP contribution >= 0.6 is 0 Å². The molecule has 0 atom stereocenters. The number of nitrogens with one attached hydrogen (secondary N) is 1. The highest BCUT2D eigenvalue weighted by Crippen LogP contribution is 2.09. The fraction of sp³-hybridized carbons (Fsp3) is 0.182. The molecule has 0 heterocycles. The first-order valence-electron chi connectivity index (χ1n) is 4.31. The molecule has 1 aromatic carbocycles. The van der Waals surface area contributed by atoms with E-state index in [2.05, 4.69) is 17.2 Å². The zero-order chi connectivity index (χ0) is 11.3. The molecule has 3 nitrogen and oxygen atoms in total. The zero-order valence-corrected chi connectivity index (χ0v) is 8.17. The Morgan fingerprint density at radius 2 is 2.33 bits per heavy atom. The van der Waals surface area contributed by atoms with Crippen molar-refractivity contribution >= 4 is 5.97 Å². The molecule has 0 aliphatic carbocycles. The molecule has 0 unspecified atom stereocenters. The second-order valence-electron chi connectivity index (χ2n) is 2.83. The molecule has 0 spiro atoms. The van der Waals surface area contributed by atoms with E-state index in [4.69, 9.17) is 5.11 Å². The zero-order valence-electron chi connectivity index (χ0n) is 8.17. The lowest BCUT2D eigenvalue weighted by Gasteiger charge is -1.97. The number of carbonyl (C=O) groups is 1. The summed E-state index contributed by atoms with van der Waals surface area (Å²) >= 11 is 0. The third kappa shape index (κ3) is 3.08. The van der Waals surface area contributed by atoms with E-state index in [1.54, 1.807) is 7.05 Å². The summed E-state index contributed by atoms with van der Waals surface area (Å²) in [5, 5.41) is 11.5. The van der Waals surface area contributed by atoms with E-state index >= 15 is 0 Å². The van der Waals surface area contributed by atoms with E-state index < -0.39 is 11.8 Å². The van der Waals surface area contributed by atoms with Crippen LogP contribution in [0.1, 0.15) is 15.9 Å². The molecule has 0 aromatic heterocycles. The Morgan fingerprint density at radius 3 is 2.93 bits per heavy atom. The molecule has 0 radical (unpaired) electrons. The minimum absolute atomic E-state index is 0.0326. The molecule has 1 aromatic rings. The Labute approximate surface area is 86.9 Å². The lowest BCUT2D eigenvalue weighted by Crippen LogP contribution is -2.04. The van der Waals surface area contributed by atoms with Crippen molar-refractivity contribution < 1.29 is 14.3 Å². The van der Waals surface area contributed by atoms with Crippen molar-refractivity contribution in [3.05, 3.63) is 35.1 Å². The van der Waals surface area contributed by atoms with Gasteiger partial charge in [0, 0.05) is 0 Å². The topological polar surface area (TPSA) is 49.3 Å². The molecular formula is C11H10FNO2. The third-order valence-electron chi connectivity index (χ3n) is 1.70. The molecule has 2 N–H and O–H groups in total. The molecule has 15 heavy (non-hydrogen) atoms. The van der Waals surface area contributed by atoms with Crippen LogP contribution in [-0.2, 0) is 0 Å². The van der Waals surface area contributed by atoms with Gasteiger partial charge >= 0.3 is 5.97 Å². The van der Waals surface area contributed by atoms with Crippen LogP contribution in [0.3, 0.4) is 0 Å². The summed E-state index contributed by atoms with van der Waals surface area (Å²) < 4.78 is 13.1. The van der Waals surface area contributed by atoms with Gasteiger partial charge < -0.3 is 10.4 Å². The lowest BCUT2D eigenvalue weighted by atomic mass is 10.1. The minimum Gasteiger partial charge on any atom is -0.478 e. The van der Waals surface area contributed by atoms with Gasteiger partial charge in [-0.1, -0.05) is 11.8 Å². The summed E-state index contributed by atoms with van der Waals surface area (Å²) in [7, 11) is 1.72. The average Bonchev–Trinajstić information content (AvgIpc) is 2.20. The van der Waals surface area contributed by atoms with Crippen LogP contribution < -0.4 is 5.32 Å². The Kier molecular flexibility index (Phi) is 3.83. The van der Waals surface area contributed by atoms with E-state index in [0.29, 0.717) is 6.54 Å². The number of hydrogen-bond acceptors (Lipinski definition) is 2. The monoisotopic (exact) mass is 207 g/mol. The molecular weight excluding hydrogens is 197 g/mol. The first-order valence-corrected chi connectivity index (χ1v) is 4.31. The second kappa shape index (κ2) is 5.13. The van der Waals surface area contributed by atoms with Crippen LogP contribution in [-0.4, -0.2) is 24.7 Å². The maximum Gasteiger partial charge on any atom is 0.335 e. The number of benzene rings is 1. The van der Waals surface area contributed by atoms with E-state index in [1.807, 2.05) is 0 Å². The first kappa shape index (κ1) is 11.2. The fourth-order valence-electron chi connectivity index (χ4n) is 0.982. The van der Waals surface area contributed by atoms with Gasteiger partial charge in [0.15, 0.2) is 0 Å². The van der Waals surface area contributed by atoms with Gasteiger partial charge in [0.05, 0.1) is 17.7 Å². The molecule has 1 rings (SSSR count). The van der Waals surface area contributed by atoms with E-state index in [9.17, 15) is 9.18 Å². The predicted molar refractivity (Wildman–Crippen MR) is 54.2 cm³/mol. The van der Waals surface area contributed by atoms with Gasteiger partial charge in [-0.15, -0.1) is 0 Å². The highest BCUT2D eigenvalue weighted by molar-refractivity contribution is 5.88. The van der Waals surface area contributed by atoms with Crippen LogP contribution in [0.4, 0.5) is 4.39 Å². The molecule has 0 bridgehead atoms. The SMILES string of the molecule is CNCC#Cc1cc(C(=O)O)ccc1F. The van der Waals surface area contributed by atoms with Crippen molar-refractivity contribution in [1.82, 2.24) is 5.32 Å². The number of carboxylic acids is 1. The van der Waals surface area contributed by atoms with Crippen molar-refractivity contribution in [3.63, 3.8) is 0 Å². The van der Waals surface area contributed by atoms with Crippen LogP contribution in [0.25, 0.3) is 0 Å². The van der Waals surface area contributed by atoms with Gasteiger partial charge in [0.1, 0.15) is 5.82 Å². The van der Waals surface area contributed by atoms with Crippen molar-refractivity contribution in [3.8, 4) is 11.8 Å². The van der Waals surface area contributed by atoms with Gasteiger partial charge in [-0.05, 0) is 25.2 Å². The lowest BCUT2D eigenvalue weighted by molar-refractivity contribution is 0.0697. The van der Waals surface area contributed by atoms with E-state index in [-0.39, 0.29) is 11.1 Å². The average molecular weight is 207 g/mol. The maximum atomic E-state index is 13.1. The van der Waals surface area contributed by atoms with Gasteiger partial charge in [-0.2, -0.15) is 0 Å². The van der Waals surface area contributed by atoms with Crippen LogP contribution in [0.15, 0.2) is 18.2 Å². The van der Waals surface area contributed by atoms with E-state index in [0.717, 1.165) is 6.07 Å². The molecule has 0 amide bonds. The predicted octanol–water partition coefficient (Wildman–Crippen LogP) is 1.09. The molecule has 0 saturated heterocycles. The standard InChI is InChI=1S/C11H10FNO2/c1-13-6-2-3-8-7-9(11(14)15)4-5-10(8)12/h4-5,7,13H,6H2,1H3,(H,14,15). The summed E-state index contributed by atoms with van der Waals surface area (Å²) in [5.41, 5.74) is 0.135. The highest BCUT2D eigenvalue weighted by atomic mass is 19.1. The van der Waals surface area contributed by atoms with Gasteiger partial charge in [-0.3, -0.25) is 0 Å². The van der Waals surface area contributed by atoms with Gasteiger partial charge in [-0.25, -0.2) is 9.18 Å². The highest BCUT2D eigenvalue weighted by Gasteiger charge is 2.06. The van der Waals surface area contributed by atoms with Crippen molar-refractivity contribution in [2.24, 2.45) is 0 Å². The minimum atomic E-state index is -1.09. The smallest absolute Gasteiger partial charge is 0.335 e. The van der Waals surface area contributed by atoms with E-state index in [1.165, 1.54) is 12.1 Å². The molecule has 4 heteroatoms. The second-order valence-corrected chi connectivity index (χ2v) is 2.83. The van der Waals surface area contributed by atoms with Crippen LogP contribution in [0.2, 0.25) is 0 Å². The number of hydrogen-bond donors (Lipinski definition) is 2. The molecule has 0 aliphatic rings. The number of carboxylic acid groups (broad SMARTS) is 1. The molecule has 0 saturated carbocycles. The third-order valence-corrected chi connectivity index (χ3v) is 1.70. The molecule has 78 valence electrons. The van der Waals surface area contributed by atoms with Crippen molar-refractivity contribution in [2.45, 2.75) is 0 Å². The summed E-state index contributed by atoms with van der Waals surface area (Å²) in [6.45, 7) is 0.427. The summed E-state index contributed by atoms with van der Waals surface area (Å²) in [6.07, 6.45) is 0. The van der Waals surface area contributed by atoms with Gasteiger partial charge in [0.2, 0.25) is 0 Å². The summed E-state index contributed by atoms with van der Waals surface area (Å²) in [5.74, 6) is 3.62. The summed E-state index contributed by atoms with van der Waals surface area (Å²) in [6, 6.07) is 3.54. The number of rotatable bonds is 2. The molecule has 0 aliphatic heterocycles. The van der Waals surface area contributed by atoms with Crippen LogP contribution in [0.5, 0.6) is 0 Å². The maximum absolute atomic E-state index is 13.1. The van der Waals surface area contributed by atoms with Gasteiger partial charge in [0.25, 0.3) is 0 Å². The quantitative estimate of drug-likeness (QED) is 0.714.